The highest BCUT2D eigenvalue weighted by molar-refractivity contribution is 5.95. The molecule has 0 saturated carbocycles. The number of nitrogens with zero attached hydrogens (tertiary/aromatic N) is 4. The Morgan fingerprint density at radius 1 is 1.00 bits per heavy atom. The van der Waals surface area contributed by atoms with E-state index < -0.39 is 11.1 Å². The van der Waals surface area contributed by atoms with E-state index in [1.807, 2.05) is 35.2 Å². The van der Waals surface area contributed by atoms with Crippen LogP contribution in [0.5, 0.6) is 5.75 Å². The van der Waals surface area contributed by atoms with Crippen molar-refractivity contribution in [2.45, 2.75) is 13.1 Å². The van der Waals surface area contributed by atoms with E-state index in [4.69, 9.17) is 4.74 Å². The number of aromatic nitrogens is 3. The van der Waals surface area contributed by atoms with Gasteiger partial charge in [0.1, 0.15) is 12.3 Å². The van der Waals surface area contributed by atoms with Crippen LogP contribution in [-0.2, 0) is 13.1 Å². The van der Waals surface area contributed by atoms with Crippen molar-refractivity contribution in [2.24, 2.45) is 0 Å². The van der Waals surface area contributed by atoms with Crippen molar-refractivity contribution >= 4 is 17.4 Å². The third-order valence-corrected chi connectivity index (χ3v) is 4.68. The van der Waals surface area contributed by atoms with E-state index in [2.05, 4.69) is 5.10 Å². The van der Waals surface area contributed by atoms with Crippen LogP contribution >= 0.6 is 0 Å². The van der Waals surface area contributed by atoms with Crippen molar-refractivity contribution in [3.8, 4) is 5.75 Å². The van der Waals surface area contributed by atoms with Crippen molar-refractivity contribution < 1.29 is 9.53 Å². The van der Waals surface area contributed by atoms with Crippen LogP contribution in [0.1, 0.15) is 10.4 Å². The molecule has 0 bridgehead atoms. The molecule has 0 aliphatic carbocycles. The molecule has 0 spiro atoms. The predicted octanol–water partition coefficient (Wildman–Crippen LogP) is 1.45. The molecular formula is C20H18N4O4. The highest BCUT2D eigenvalue weighted by atomic mass is 16.5. The topological polar surface area (TPSA) is 86.4 Å². The van der Waals surface area contributed by atoms with Gasteiger partial charge in [-0.3, -0.25) is 19.0 Å². The second-order valence-corrected chi connectivity index (χ2v) is 6.36. The second kappa shape index (κ2) is 7.15. The Bertz CT molecular complexity index is 1130. The van der Waals surface area contributed by atoms with E-state index in [1.165, 1.54) is 11.7 Å². The number of fused-ring (bicyclic) bond motifs is 1. The van der Waals surface area contributed by atoms with Crippen LogP contribution in [0.25, 0.3) is 0 Å². The number of Topliss-reactive ketones (excluding diaryl/α,β-unsaturated/α-hetero) is 1. The summed E-state index contributed by atoms with van der Waals surface area (Å²) >= 11 is 0. The zero-order valence-corrected chi connectivity index (χ0v) is 15.2. The second-order valence-electron chi connectivity index (χ2n) is 6.36. The monoisotopic (exact) mass is 378 g/mol. The first-order valence-electron chi connectivity index (χ1n) is 8.80. The Morgan fingerprint density at radius 2 is 1.71 bits per heavy atom. The number of carbonyl (C=O) groups is 1. The summed E-state index contributed by atoms with van der Waals surface area (Å²) in [6, 6.07) is 16.0. The molecule has 28 heavy (non-hydrogen) atoms. The first-order chi connectivity index (χ1) is 13.6. The van der Waals surface area contributed by atoms with Gasteiger partial charge in [-0.05, 0) is 36.4 Å². The van der Waals surface area contributed by atoms with Crippen molar-refractivity contribution in [2.75, 3.05) is 18.6 Å². The number of para-hydroxylation sites is 1. The summed E-state index contributed by atoms with van der Waals surface area (Å²) in [6.07, 6.45) is 0. The molecule has 4 rings (SSSR count). The van der Waals surface area contributed by atoms with E-state index in [0.29, 0.717) is 30.4 Å². The van der Waals surface area contributed by atoms with Crippen LogP contribution in [0.3, 0.4) is 0 Å². The van der Waals surface area contributed by atoms with Crippen molar-refractivity contribution in [1.82, 2.24) is 14.3 Å². The third-order valence-electron chi connectivity index (χ3n) is 4.68. The molecule has 3 aromatic rings. The van der Waals surface area contributed by atoms with Crippen LogP contribution in [-0.4, -0.2) is 33.8 Å². The molecule has 1 aliphatic heterocycles. The van der Waals surface area contributed by atoms with Gasteiger partial charge in [0.05, 0.1) is 7.11 Å². The molecule has 1 aliphatic rings. The summed E-state index contributed by atoms with van der Waals surface area (Å²) in [7, 11) is 1.54. The van der Waals surface area contributed by atoms with E-state index in [0.717, 1.165) is 10.4 Å². The molecule has 2 heterocycles. The number of hydrogen-bond donors (Lipinski definition) is 0. The summed E-state index contributed by atoms with van der Waals surface area (Å²) < 4.78 is 7.38. The lowest BCUT2D eigenvalue weighted by atomic mass is 10.1. The molecule has 0 N–H and O–H groups in total. The number of ketones is 1. The average Bonchev–Trinajstić information content (AvgIpc) is 3.16. The van der Waals surface area contributed by atoms with Crippen LogP contribution in [0.2, 0.25) is 0 Å². The van der Waals surface area contributed by atoms with Gasteiger partial charge in [0, 0.05) is 24.3 Å². The Balaban J connectivity index is 1.69. The van der Waals surface area contributed by atoms with Crippen molar-refractivity contribution in [1.29, 1.82) is 0 Å². The zero-order valence-electron chi connectivity index (χ0n) is 15.2. The largest absolute Gasteiger partial charge is 0.497 e. The van der Waals surface area contributed by atoms with Gasteiger partial charge in [-0.1, -0.05) is 18.2 Å². The molecule has 0 fully saturated rings. The fourth-order valence-electron chi connectivity index (χ4n) is 3.19. The van der Waals surface area contributed by atoms with Crippen molar-refractivity contribution in [3.05, 3.63) is 80.9 Å². The van der Waals surface area contributed by atoms with Crippen LogP contribution in [0.4, 0.5) is 11.6 Å². The minimum absolute atomic E-state index is 0.309. The van der Waals surface area contributed by atoms with Gasteiger partial charge < -0.3 is 9.64 Å². The molecule has 8 nitrogen and oxygen atoms in total. The summed E-state index contributed by atoms with van der Waals surface area (Å²) in [5.74, 6) is 0.672. The molecule has 0 atom stereocenters. The minimum Gasteiger partial charge on any atom is -0.497 e. The molecule has 0 radical (unpaired) electrons. The number of rotatable bonds is 5. The molecule has 1 aromatic heterocycles. The third kappa shape index (κ3) is 3.09. The maximum Gasteiger partial charge on any atom is 0.333 e. The Hall–Kier alpha value is -3.68. The molecule has 2 aromatic carbocycles. The lowest BCUT2D eigenvalue weighted by molar-refractivity contribution is 0.0965. The smallest absolute Gasteiger partial charge is 0.333 e. The number of carbonyl (C=O) groups excluding carboxylic acids is 1. The van der Waals surface area contributed by atoms with Gasteiger partial charge in [-0.15, -0.1) is 5.10 Å². The van der Waals surface area contributed by atoms with E-state index in [9.17, 15) is 14.4 Å². The normalized spacial score (nSPS) is 12.7. The SMILES string of the molecule is COc1ccc(C(=O)Cn2nc3n(c(=O)c2=O)CCN3c2ccccc2)cc1. The van der Waals surface area contributed by atoms with E-state index in [1.54, 1.807) is 24.3 Å². The molecule has 0 saturated heterocycles. The van der Waals surface area contributed by atoms with Crippen LogP contribution in [0, 0.1) is 0 Å². The maximum absolute atomic E-state index is 12.6. The summed E-state index contributed by atoms with van der Waals surface area (Å²) in [5.41, 5.74) is -0.200. The summed E-state index contributed by atoms with van der Waals surface area (Å²) in [6.45, 7) is 0.595. The highest BCUT2D eigenvalue weighted by Crippen LogP contribution is 2.25. The molecule has 0 unspecified atom stereocenters. The molecule has 8 heteroatoms. The van der Waals surface area contributed by atoms with Crippen molar-refractivity contribution in [3.63, 3.8) is 0 Å². The fourth-order valence-corrected chi connectivity index (χ4v) is 3.19. The van der Waals surface area contributed by atoms with E-state index in [-0.39, 0.29) is 12.3 Å². The number of methoxy groups -OCH3 is 1. The molecule has 0 amide bonds. The van der Waals surface area contributed by atoms with Gasteiger partial charge in [0.15, 0.2) is 5.78 Å². The molecule has 142 valence electrons. The standard InChI is InChI=1S/C20H18N4O4/c1-28-16-9-7-14(8-10-16)17(25)13-24-19(27)18(26)23-12-11-22(20(23)21-24)15-5-3-2-4-6-15/h2-10H,11-13H2,1H3. The van der Waals surface area contributed by atoms with E-state index >= 15 is 0 Å². The van der Waals surface area contributed by atoms with Gasteiger partial charge in [-0.25, -0.2) is 4.68 Å². The fraction of sp³-hybridized carbons (Fsp3) is 0.200. The molecular weight excluding hydrogens is 360 g/mol. The lowest BCUT2D eigenvalue weighted by Gasteiger charge is -2.17. The summed E-state index contributed by atoms with van der Waals surface area (Å²) in [5, 5.41) is 4.32. The number of hydrogen-bond acceptors (Lipinski definition) is 6. The number of ether oxygens (including phenoxy) is 1. The first kappa shape index (κ1) is 17.7. The zero-order chi connectivity index (χ0) is 19.7. The average molecular weight is 378 g/mol. The first-order valence-corrected chi connectivity index (χ1v) is 8.80. The lowest BCUT2D eigenvalue weighted by Crippen LogP contribution is -2.43. The van der Waals surface area contributed by atoms with Crippen LogP contribution in [0.15, 0.2) is 64.2 Å². The Kier molecular flexibility index (Phi) is 4.52. The Labute approximate surface area is 160 Å². The quantitative estimate of drug-likeness (QED) is 0.493. The van der Waals surface area contributed by atoms with Gasteiger partial charge in [-0.2, -0.15) is 0 Å². The number of anilines is 2. The van der Waals surface area contributed by atoms with Gasteiger partial charge in [0.25, 0.3) is 0 Å². The predicted molar refractivity (Wildman–Crippen MR) is 104 cm³/mol. The van der Waals surface area contributed by atoms with Gasteiger partial charge >= 0.3 is 11.1 Å². The number of benzene rings is 2. The van der Waals surface area contributed by atoms with Gasteiger partial charge in [0.2, 0.25) is 5.95 Å². The highest BCUT2D eigenvalue weighted by Gasteiger charge is 2.26. The Morgan fingerprint density at radius 3 is 2.39 bits per heavy atom. The minimum atomic E-state index is -0.805. The maximum atomic E-state index is 12.6. The van der Waals surface area contributed by atoms with Crippen LogP contribution < -0.4 is 20.8 Å². The summed E-state index contributed by atoms with van der Waals surface area (Å²) in [4.78, 5) is 39.3.